The molecule has 1 saturated heterocycles. The number of amides is 2. The number of piperazine rings is 1. The highest BCUT2D eigenvalue weighted by molar-refractivity contribution is 7.10. The van der Waals surface area contributed by atoms with E-state index >= 15 is 0 Å². The molecule has 0 radical (unpaired) electrons. The lowest BCUT2D eigenvalue weighted by Gasteiger charge is -2.38. The average Bonchev–Trinajstić information content (AvgIpc) is 3.34. The standard InChI is InChI=1S/C24H28N4O4S/c1-3-32-23(30)21-19(25-24(31)26-22(21)20-5-4-14-33-20)15-27-10-12-28(13-11-27)18-8-6-17(7-9-18)16(2)29/h4-9,14,22H,3,10-13,15H2,1-2H3,(H2,25,26,31). The minimum absolute atomic E-state index is 0.0573. The number of Topliss-reactive ketones (excluding diaryl/α,β-unsaturated/α-hetero) is 1. The molecule has 2 aromatic rings. The van der Waals surface area contributed by atoms with E-state index in [0.29, 0.717) is 23.4 Å². The Hall–Kier alpha value is -3.17. The highest BCUT2D eigenvalue weighted by Crippen LogP contribution is 2.31. The molecule has 1 aromatic carbocycles. The van der Waals surface area contributed by atoms with E-state index in [9.17, 15) is 14.4 Å². The fourth-order valence-corrected chi connectivity index (χ4v) is 4.94. The summed E-state index contributed by atoms with van der Waals surface area (Å²) in [4.78, 5) is 42.2. The minimum atomic E-state index is -0.520. The second kappa shape index (κ2) is 10.2. The van der Waals surface area contributed by atoms with Crippen LogP contribution in [0.2, 0.25) is 0 Å². The normalized spacial score (nSPS) is 19.2. The van der Waals surface area contributed by atoms with Gasteiger partial charge in [0.05, 0.1) is 18.2 Å². The second-order valence-electron chi connectivity index (χ2n) is 8.03. The van der Waals surface area contributed by atoms with E-state index in [-0.39, 0.29) is 18.4 Å². The SMILES string of the molecule is CCOC(=O)C1=C(CN2CCN(c3ccc(C(C)=O)cc3)CC2)NC(=O)NC1c1cccs1. The number of ketones is 1. The van der Waals surface area contributed by atoms with Crippen LogP contribution in [0.4, 0.5) is 10.5 Å². The van der Waals surface area contributed by atoms with Crippen molar-refractivity contribution in [2.24, 2.45) is 0 Å². The van der Waals surface area contributed by atoms with Crippen LogP contribution in [-0.4, -0.2) is 62.0 Å². The van der Waals surface area contributed by atoms with Gasteiger partial charge >= 0.3 is 12.0 Å². The summed E-state index contributed by atoms with van der Waals surface area (Å²) >= 11 is 1.49. The summed E-state index contributed by atoms with van der Waals surface area (Å²) in [6.45, 7) is 7.24. The van der Waals surface area contributed by atoms with Crippen molar-refractivity contribution >= 4 is 34.8 Å². The summed E-state index contributed by atoms with van der Waals surface area (Å²) in [5.74, 6) is -0.357. The fourth-order valence-electron chi connectivity index (χ4n) is 4.16. The van der Waals surface area contributed by atoms with Gasteiger partial charge in [-0.2, -0.15) is 0 Å². The molecule has 8 nitrogen and oxygen atoms in total. The van der Waals surface area contributed by atoms with Crippen LogP contribution in [0.3, 0.4) is 0 Å². The molecule has 2 N–H and O–H groups in total. The molecule has 1 unspecified atom stereocenters. The van der Waals surface area contributed by atoms with Crippen molar-refractivity contribution in [3.8, 4) is 0 Å². The van der Waals surface area contributed by atoms with Crippen molar-refractivity contribution < 1.29 is 19.1 Å². The van der Waals surface area contributed by atoms with Gasteiger partial charge in [-0.15, -0.1) is 11.3 Å². The van der Waals surface area contributed by atoms with E-state index in [2.05, 4.69) is 20.4 Å². The number of thiophene rings is 1. The zero-order valence-electron chi connectivity index (χ0n) is 18.8. The summed E-state index contributed by atoms with van der Waals surface area (Å²) in [5, 5.41) is 7.64. The van der Waals surface area contributed by atoms with Crippen LogP contribution in [0.1, 0.15) is 35.1 Å². The maximum atomic E-state index is 12.9. The van der Waals surface area contributed by atoms with Crippen LogP contribution in [0.15, 0.2) is 53.0 Å². The first kappa shape index (κ1) is 23.0. The van der Waals surface area contributed by atoms with E-state index in [4.69, 9.17) is 4.74 Å². The number of benzene rings is 1. The number of rotatable bonds is 7. The van der Waals surface area contributed by atoms with E-state index in [1.165, 1.54) is 11.3 Å². The number of carbonyl (C=O) groups is 3. The number of nitrogens with one attached hydrogen (secondary N) is 2. The van der Waals surface area contributed by atoms with Crippen molar-refractivity contribution in [3.63, 3.8) is 0 Å². The van der Waals surface area contributed by atoms with Crippen molar-refractivity contribution in [2.75, 3.05) is 44.2 Å². The van der Waals surface area contributed by atoms with Crippen LogP contribution in [0.25, 0.3) is 0 Å². The van der Waals surface area contributed by atoms with Crippen LogP contribution in [0, 0.1) is 0 Å². The van der Waals surface area contributed by atoms with Gasteiger partial charge in [-0.05, 0) is 49.6 Å². The molecule has 0 aliphatic carbocycles. The van der Waals surface area contributed by atoms with Crippen LogP contribution >= 0.6 is 11.3 Å². The molecule has 1 aromatic heterocycles. The number of hydrogen-bond acceptors (Lipinski definition) is 7. The highest BCUT2D eigenvalue weighted by atomic mass is 32.1. The van der Waals surface area contributed by atoms with Gasteiger partial charge in [-0.25, -0.2) is 9.59 Å². The lowest BCUT2D eigenvalue weighted by Crippen LogP contribution is -2.51. The molecular weight excluding hydrogens is 440 g/mol. The Bertz CT molecular complexity index is 1040. The number of anilines is 1. The monoisotopic (exact) mass is 468 g/mol. The third-order valence-electron chi connectivity index (χ3n) is 5.87. The zero-order chi connectivity index (χ0) is 23.4. The van der Waals surface area contributed by atoms with Gasteiger partial charge in [0.2, 0.25) is 0 Å². The molecule has 0 saturated carbocycles. The lowest BCUT2D eigenvalue weighted by molar-refractivity contribution is -0.139. The number of nitrogens with zero attached hydrogens (tertiary/aromatic N) is 2. The molecule has 2 aliphatic heterocycles. The van der Waals surface area contributed by atoms with Crippen LogP contribution in [0.5, 0.6) is 0 Å². The first-order chi connectivity index (χ1) is 16.0. The number of carbonyl (C=O) groups excluding carboxylic acids is 3. The summed E-state index contributed by atoms with van der Waals surface area (Å²) in [7, 11) is 0. The number of hydrogen-bond donors (Lipinski definition) is 2. The van der Waals surface area contributed by atoms with Crippen molar-refractivity contribution in [3.05, 3.63) is 63.5 Å². The Kier molecular flexibility index (Phi) is 7.10. The lowest BCUT2D eigenvalue weighted by atomic mass is 10.0. The number of ether oxygens (including phenoxy) is 1. The molecular formula is C24H28N4O4S. The maximum absolute atomic E-state index is 12.9. The van der Waals surface area contributed by atoms with Gasteiger partial charge in [0.1, 0.15) is 0 Å². The molecule has 4 rings (SSSR count). The van der Waals surface area contributed by atoms with Gasteiger partial charge in [0.25, 0.3) is 0 Å². The Balaban J connectivity index is 1.49. The first-order valence-corrected chi connectivity index (χ1v) is 11.9. The Morgan fingerprint density at radius 1 is 1.12 bits per heavy atom. The molecule has 2 aliphatic rings. The Morgan fingerprint density at radius 3 is 2.45 bits per heavy atom. The molecule has 1 fully saturated rings. The highest BCUT2D eigenvalue weighted by Gasteiger charge is 2.35. The van der Waals surface area contributed by atoms with Crippen molar-refractivity contribution in [1.82, 2.24) is 15.5 Å². The first-order valence-electron chi connectivity index (χ1n) is 11.1. The molecule has 33 heavy (non-hydrogen) atoms. The van der Waals surface area contributed by atoms with Crippen LogP contribution in [-0.2, 0) is 9.53 Å². The maximum Gasteiger partial charge on any atom is 0.338 e. The third kappa shape index (κ3) is 5.26. The molecule has 174 valence electrons. The van der Waals surface area contributed by atoms with Gasteiger partial charge in [0, 0.05) is 54.5 Å². The van der Waals surface area contributed by atoms with E-state index in [0.717, 1.165) is 36.7 Å². The van der Waals surface area contributed by atoms with Gasteiger partial charge in [-0.1, -0.05) is 6.07 Å². The molecule has 0 spiro atoms. The summed E-state index contributed by atoms with van der Waals surface area (Å²) < 4.78 is 5.33. The largest absolute Gasteiger partial charge is 0.463 e. The predicted molar refractivity (Wildman–Crippen MR) is 127 cm³/mol. The van der Waals surface area contributed by atoms with Crippen molar-refractivity contribution in [1.29, 1.82) is 0 Å². The summed E-state index contributed by atoms with van der Waals surface area (Å²) in [6, 6.07) is 10.6. The Morgan fingerprint density at radius 2 is 1.85 bits per heavy atom. The molecule has 2 amide bonds. The van der Waals surface area contributed by atoms with Gasteiger partial charge in [-0.3, -0.25) is 9.69 Å². The smallest absolute Gasteiger partial charge is 0.338 e. The van der Waals surface area contributed by atoms with Crippen molar-refractivity contribution in [2.45, 2.75) is 19.9 Å². The molecule has 3 heterocycles. The van der Waals surface area contributed by atoms with E-state index < -0.39 is 12.0 Å². The number of esters is 1. The molecule has 0 bridgehead atoms. The van der Waals surface area contributed by atoms with E-state index in [1.807, 2.05) is 41.8 Å². The zero-order valence-corrected chi connectivity index (χ0v) is 19.6. The molecule has 1 atom stereocenters. The van der Waals surface area contributed by atoms with Gasteiger partial charge < -0.3 is 20.3 Å². The number of urea groups is 1. The summed E-state index contributed by atoms with van der Waals surface area (Å²) in [6.07, 6.45) is 0. The van der Waals surface area contributed by atoms with Crippen LogP contribution < -0.4 is 15.5 Å². The topological polar surface area (TPSA) is 91.0 Å². The molecule has 9 heteroatoms. The second-order valence-corrected chi connectivity index (χ2v) is 9.01. The summed E-state index contributed by atoms with van der Waals surface area (Å²) in [5.41, 5.74) is 2.84. The van der Waals surface area contributed by atoms with Gasteiger partial charge in [0.15, 0.2) is 5.78 Å². The Labute approximate surface area is 197 Å². The average molecular weight is 469 g/mol. The quantitative estimate of drug-likeness (QED) is 0.480. The minimum Gasteiger partial charge on any atom is -0.463 e. The fraction of sp³-hybridized carbons (Fsp3) is 0.375. The predicted octanol–water partition coefficient (Wildman–Crippen LogP) is 2.94. The van der Waals surface area contributed by atoms with E-state index in [1.54, 1.807) is 13.8 Å². The third-order valence-corrected chi connectivity index (χ3v) is 6.81.